The Labute approximate surface area is 154 Å². The second kappa shape index (κ2) is 9.49. The molecule has 8 heteroatoms. The van der Waals surface area contributed by atoms with Crippen molar-refractivity contribution >= 4 is 15.9 Å². The molecule has 0 aliphatic carbocycles. The summed E-state index contributed by atoms with van der Waals surface area (Å²) in [5.74, 6) is 1.10. The second-order valence-electron chi connectivity index (χ2n) is 5.94. The Bertz CT molecular complexity index is 803. The molecule has 0 atom stereocenters. The number of nitrogens with one attached hydrogen (secondary N) is 1. The molecular formula is C18H25N3O4S. The zero-order chi connectivity index (χ0) is 19.0. The minimum atomic E-state index is -3.18. The quantitative estimate of drug-likeness (QED) is 0.638. The van der Waals surface area contributed by atoms with E-state index in [2.05, 4.69) is 10.3 Å². The standard InChI is InChI=1S/C18H25N3O4S/c1-3-21(26(2,23)24)13-7-12-19-17(22)10-11-18-20-14-16(25-18)15-8-5-4-6-9-15/h4-6,8-9,14H,3,7,10-13H2,1-2H3,(H,19,22). The van der Waals surface area contributed by atoms with Crippen molar-refractivity contribution in [3.05, 3.63) is 42.4 Å². The molecule has 0 spiro atoms. The number of carbonyl (C=O) groups excluding carboxylic acids is 1. The van der Waals surface area contributed by atoms with Crippen LogP contribution in [0.4, 0.5) is 0 Å². The summed E-state index contributed by atoms with van der Waals surface area (Å²) >= 11 is 0. The molecule has 142 valence electrons. The highest BCUT2D eigenvalue weighted by Gasteiger charge is 2.13. The molecule has 1 N–H and O–H groups in total. The Kier molecular flexibility index (Phi) is 7.35. The first-order valence-electron chi connectivity index (χ1n) is 8.62. The van der Waals surface area contributed by atoms with E-state index in [0.717, 1.165) is 5.56 Å². The van der Waals surface area contributed by atoms with Crippen LogP contribution in [0.15, 0.2) is 40.9 Å². The summed E-state index contributed by atoms with van der Waals surface area (Å²) < 4.78 is 30.0. The van der Waals surface area contributed by atoms with E-state index in [-0.39, 0.29) is 12.3 Å². The third-order valence-electron chi connectivity index (χ3n) is 3.91. The molecule has 0 aliphatic rings. The maximum absolute atomic E-state index is 11.9. The Morgan fingerprint density at radius 2 is 2.00 bits per heavy atom. The molecule has 7 nitrogen and oxygen atoms in total. The summed E-state index contributed by atoms with van der Waals surface area (Å²) in [5, 5.41) is 2.79. The molecule has 1 aromatic carbocycles. The molecule has 1 aromatic heterocycles. The summed E-state index contributed by atoms with van der Waals surface area (Å²) in [6.07, 6.45) is 4.12. The van der Waals surface area contributed by atoms with E-state index >= 15 is 0 Å². The molecule has 0 saturated carbocycles. The highest BCUT2D eigenvalue weighted by molar-refractivity contribution is 7.88. The smallest absolute Gasteiger partial charge is 0.220 e. The van der Waals surface area contributed by atoms with Crippen LogP contribution in [0.25, 0.3) is 11.3 Å². The van der Waals surface area contributed by atoms with Gasteiger partial charge >= 0.3 is 0 Å². The maximum atomic E-state index is 11.9. The van der Waals surface area contributed by atoms with Gasteiger partial charge in [0.25, 0.3) is 0 Å². The van der Waals surface area contributed by atoms with Gasteiger partial charge in [-0.2, -0.15) is 0 Å². The van der Waals surface area contributed by atoms with Crippen LogP contribution in [0, 0.1) is 0 Å². The molecule has 0 unspecified atom stereocenters. The van der Waals surface area contributed by atoms with Gasteiger partial charge in [0.1, 0.15) is 0 Å². The van der Waals surface area contributed by atoms with Crippen molar-refractivity contribution in [1.82, 2.24) is 14.6 Å². The first-order valence-corrected chi connectivity index (χ1v) is 10.5. The van der Waals surface area contributed by atoms with Gasteiger partial charge in [-0.1, -0.05) is 37.3 Å². The average molecular weight is 379 g/mol. The number of hydrogen-bond acceptors (Lipinski definition) is 5. The molecule has 1 amide bonds. The lowest BCUT2D eigenvalue weighted by molar-refractivity contribution is -0.121. The van der Waals surface area contributed by atoms with E-state index in [1.807, 2.05) is 30.3 Å². The van der Waals surface area contributed by atoms with Crippen LogP contribution in [-0.2, 0) is 21.2 Å². The first-order chi connectivity index (χ1) is 12.4. The Balaban J connectivity index is 1.70. The average Bonchev–Trinajstić information content (AvgIpc) is 3.08. The third-order valence-corrected chi connectivity index (χ3v) is 5.28. The van der Waals surface area contributed by atoms with E-state index in [0.29, 0.717) is 44.1 Å². The van der Waals surface area contributed by atoms with Crippen LogP contribution in [-0.4, -0.2) is 49.5 Å². The molecule has 0 radical (unpaired) electrons. The SMILES string of the molecule is CCN(CCCNC(=O)CCc1ncc(-c2ccccc2)o1)S(C)(=O)=O. The van der Waals surface area contributed by atoms with Crippen molar-refractivity contribution < 1.29 is 17.6 Å². The molecule has 0 aliphatic heterocycles. The van der Waals surface area contributed by atoms with Crippen LogP contribution < -0.4 is 5.32 Å². The number of amides is 1. The number of nitrogens with zero attached hydrogens (tertiary/aromatic N) is 2. The number of oxazole rings is 1. The molecule has 2 aromatic rings. The summed E-state index contributed by atoms with van der Waals surface area (Å²) in [4.78, 5) is 16.1. The zero-order valence-electron chi connectivity index (χ0n) is 15.1. The first kappa shape index (κ1) is 20.1. The molecule has 1 heterocycles. The number of aryl methyl sites for hydroxylation is 1. The monoisotopic (exact) mass is 379 g/mol. The van der Waals surface area contributed by atoms with Crippen LogP contribution in [0.5, 0.6) is 0 Å². The molecule has 0 bridgehead atoms. The summed E-state index contributed by atoms with van der Waals surface area (Å²) in [7, 11) is -3.18. The van der Waals surface area contributed by atoms with Gasteiger partial charge in [-0.15, -0.1) is 0 Å². The van der Waals surface area contributed by atoms with Crippen molar-refractivity contribution in [2.75, 3.05) is 25.9 Å². The van der Waals surface area contributed by atoms with Crippen LogP contribution >= 0.6 is 0 Å². The van der Waals surface area contributed by atoms with Crippen LogP contribution in [0.1, 0.15) is 25.7 Å². The summed E-state index contributed by atoms with van der Waals surface area (Å²) in [5.41, 5.74) is 0.946. The van der Waals surface area contributed by atoms with Crippen LogP contribution in [0.2, 0.25) is 0 Å². The Hall–Kier alpha value is -2.19. The van der Waals surface area contributed by atoms with Crippen molar-refractivity contribution in [2.45, 2.75) is 26.2 Å². The topological polar surface area (TPSA) is 92.5 Å². The maximum Gasteiger partial charge on any atom is 0.220 e. The largest absolute Gasteiger partial charge is 0.441 e. The fourth-order valence-electron chi connectivity index (χ4n) is 2.51. The summed E-state index contributed by atoms with van der Waals surface area (Å²) in [6, 6.07) is 9.66. The normalized spacial score (nSPS) is 11.7. The third kappa shape index (κ3) is 6.27. The van der Waals surface area contributed by atoms with E-state index in [9.17, 15) is 13.2 Å². The molecule has 26 heavy (non-hydrogen) atoms. The number of aromatic nitrogens is 1. The minimum absolute atomic E-state index is 0.105. The van der Waals surface area contributed by atoms with Gasteiger partial charge in [0.05, 0.1) is 12.5 Å². The van der Waals surface area contributed by atoms with Gasteiger partial charge in [0.15, 0.2) is 11.7 Å². The molecular weight excluding hydrogens is 354 g/mol. The Morgan fingerprint density at radius 1 is 1.27 bits per heavy atom. The molecule has 2 rings (SSSR count). The fourth-order valence-corrected chi connectivity index (χ4v) is 3.44. The van der Waals surface area contributed by atoms with Gasteiger partial charge < -0.3 is 9.73 Å². The molecule has 0 saturated heterocycles. The minimum Gasteiger partial charge on any atom is -0.441 e. The van der Waals surface area contributed by atoms with Crippen molar-refractivity contribution in [1.29, 1.82) is 0 Å². The van der Waals surface area contributed by atoms with E-state index in [1.54, 1.807) is 13.1 Å². The van der Waals surface area contributed by atoms with Crippen molar-refractivity contribution in [3.63, 3.8) is 0 Å². The number of benzene rings is 1. The van der Waals surface area contributed by atoms with Crippen LogP contribution in [0.3, 0.4) is 0 Å². The van der Waals surface area contributed by atoms with E-state index < -0.39 is 10.0 Å². The number of hydrogen-bond donors (Lipinski definition) is 1. The second-order valence-corrected chi connectivity index (χ2v) is 7.92. The number of rotatable bonds is 10. The number of sulfonamides is 1. The van der Waals surface area contributed by atoms with Gasteiger partial charge in [-0.3, -0.25) is 4.79 Å². The number of carbonyl (C=O) groups is 1. The lowest BCUT2D eigenvalue weighted by Crippen LogP contribution is -2.33. The zero-order valence-corrected chi connectivity index (χ0v) is 16.0. The lowest BCUT2D eigenvalue weighted by atomic mass is 10.2. The highest BCUT2D eigenvalue weighted by atomic mass is 32.2. The van der Waals surface area contributed by atoms with Crippen molar-refractivity contribution in [2.24, 2.45) is 0 Å². The predicted octanol–water partition coefficient (Wildman–Crippen LogP) is 2.06. The summed E-state index contributed by atoms with van der Waals surface area (Å²) in [6.45, 7) is 3.06. The van der Waals surface area contributed by atoms with Crippen molar-refractivity contribution in [3.8, 4) is 11.3 Å². The lowest BCUT2D eigenvalue weighted by Gasteiger charge is -2.17. The highest BCUT2D eigenvalue weighted by Crippen LogP contribution is 2.20. The van der Waals surface area contributed by atoms with E-state index in [1.165, 1.54) is 10.6 Å². The van der Waals surface area contributed by atoms with Gasteiger partial charge in [-0.25, -0.2) is 17.7 Å². The fraction of sp³-hybridized carbons (Fsp3) is 0.444. The predicted molar refractivity (Wildman–Crippen MR) is 100.0 cm³/mol. The van der Waals surface area contributed by atoms with Gasteiger partial charge in [0, 0.05) is 38.0 Å². The molecule has 0 fully saturated rings. The Morgan fingerprint density at radius 3 is 2.65 bits per heavy atom. The van der Waals surface area contributed by atoms with Gasteiger partial charge in [-0.05, 0) is 6.42 Å². The van der Waals surface area contributed by atoms with Gasteiger partial charge in [0.2, 0.25) is 15.9 Å². The van der Waals surface area contributed by atoms with E-state index in [4.69, 9.17) is 4.42 Å².